The molecule has 96 valence electrons. The molecule has 0 N–H and O–H groups in total. The maximum absolute atomic E-state index is 8.43. The number of rotatable bonds is 1. The van der Waals surface area contributed by atoms with Crippen LogP contribution < -0.4 is 0 Å². The van der Waals surface area contributed by atoms with Crippen LogP contribution in [0.5, 0.6) is 0 Å². The molecule has 20 heavy (non-hydrogen) atoms. The normalized spacial score (nSPS) is 18.9. The molecule has 1 heterocycles. The second kappa shape index (κ2) is 4.39. The van der Waals surface area contributed by atoms with Crippen molar-refractivity contribution in [1.29, 1.82) is 0 Å². The van der Waals surface area contributed by atoms with Crippen LogP contribution in [0.2, 0.25) is 5.02 Å². The minimum absolute atomic E-state index is 0.139. The number of fused-ring (bicyclic) bond motifs is 3. The molecule has 0 unspecified atom stereocenters. The van der Waals surface area contributed by atoms with Gasteiger partial charge >= 0.3 is 0 Å². The Morgan fingerprint density at radius 1 is 0.750 bits per heavy atom. The fraction of sp³-hybridized carbons (Fsp3) is 0. The Balaban J connectivity index is 2.40. The highest BCUT2D eigenvalue weighted by Crippen LogP contribution is 2.38. The molecule has 0 aliphatic rings. The van der Waals surface area contributed by atoms with E-state index in [1.807, 2.05) is 0 Å². The van der Waals surface area contributed by atoms with Crippen molar-refractivity contribution in [3.05, 3.63) is 71.5 Å². The molecular formula is C18H11ClO. The first-order chi connectivity index (χ1) is 14.4. The zero-order chi connectivity index (χ0) is 23.1. The molecule has 0 amide bonds. The van der Waals surface area contributed by atoms with E-state index in [4.69, 9.17) is 31.1 Å². The summed E-state index contributed by atoms with van der Waals surface area (Å²) in [6, 6.07) is -6.29. The van der Waals surface area contributed by atoms with Gasteiger partial charge in [0.25, 0.3) is 0 Å². The molecule has 0 radical (unpaired) electrons. The third-order valence-electron chi connectivity index (χ3n) is 2.84. The van der Waals surface area contributed by atoms with Crippen LogP contribution >= 0.6 is 11.6 Å². The van der Waals surface area contributed by atoms with Crippen molar-refractivity contribution in [2.45, 2.75) is 0 Å². The maximum Gasteiger partial charge on any atom is 0.136 e. The second-order valence-electron chi connectivity index (χ2n) is 3.95. The van der Waals surface area contributed by atoms with Crippen LogP contribution in [0.4, 0.5) is 0 Å². The van der Waals surface area contributed by atoms with Gasteiger partial charge < -0.3 is 4.42 Å². The Kier molecular flexibility index (Phi) is 1.09. The molecule has 1 aromatic heterocycles. The zero-order valence-corrected chi connectivity index (χ0v) is 10.5. The highest BCUT2D eigenvalue weighted by atomic mass is 35.5. The van der Waals surface area contributed by atoms with Crippen LogP contribution in [0.25, 0.3) is 33.1 Å². The molecule has 3 aromatic carbocycles. The minimum Gasteiger partial charge on any atom is -0.456 e. The van der Waals surface area contributed by atoms with Crippen molar-refractivity contribution in [2.24, 2.45) is 0 Å². The van der Waals surface area contributed by atoms with E-state index >= 15 is 0 Å². The molecule has 0 fully saturated rings. The van der Waals surface area contributed by atoms with Crippen molar-refractivity contribution < 1.29 is 19.5 Å². The van der Waals surface area contributed by atoms with Gasteiger partial charge in [-0.1, -0.05) is 59.9 Å². The Morgan fingerprint density at radius 2 is 1.45 bits per heavy atom. The van der Waals surface area contributed by atoms with Crippen LogP contribution in [0.1, 0.15) is 15.1 Å². The number of hydrogen-bond donors (Lipinski definition) is 0. The van der Waals surface area contributed by atoms with E-state index in [1.54, 1.807) is 0 Å². The summed E-state index contributed by atoms with van der Waals surface area (Å²) in [5.74, 6) is 0. The molecule has 4 aromatic rings. The summed E-state index contributed by atoms with van der Waals surface area (Å²) >= 11 is 6.24. The summed E-state index contributed by atoms with van der Waals surface area (Å²) in [5.41, 5.74) is -1.18. The summed E-state index contributed by atoms with van der Waals surface area (Å²) in [4.78, 5) is 0. The van der Waals surface area contributed by atoms with Crippen molar-refractivity contribution in [1.82, 2.24) is 0 Å². The first kappa shape index (κ1) is 4.94. The van der Waals surface area contributed by atoms with E-state index < -0.39 is 71.5 Å². The third-order valence-corrected chi connectivity index (χ3v) is 3.12. The molecular weight excluding hydrogens is 268 g/mol. The van der Waals surface area contributed by atoms with Crippen molar-refractivity contribution in [2.75, 3.05) is 0 Å². The Bertz CT molecular complexity index is 1430. The molecule has 0 atom stereocenters. The van der Waals surface area contributed by atoms with Gasteiger partial charge in [-0.3, -0.25) is 0 Å². The summed E-state index contributed by atoms with van der Waals surface area (Å²) < 4.78 is 94.6. The SMILES string of the molecule is [2H]c1c([2H])c([2H])c(-c2c([2H])c([2H])c([2H])c3oc4c([2H])c([2H])c([2H])c([2H])c4c23)c(Cl)c1[2H]. The van der Waals surface area contributed by atoms with Crippen LogP contribution in [0.15, 0.2) is 70.9 Å². The maximum atomic E-state index is 8.43. The van der Waals surface area contributed by atoms with Gasteiger partial charge in [-0.15, -0.1) is 0 Å². The zero-order valence-electron chi connectivity index (χ0n) is 20.8. The van der Waals surface area contributed by atoms with Gasteiger partial charge in [0.2, 0.25) is 0 Å². The number of benzene rings is 3. The average molecular weight is 290 g/mol. The first-order valence-electron chi connectivity index (χ1n) is 11.1. The average Bonchev–Trinajstić information content (AvgIpc) is 3.14. The smallest absolute Gasteiger partial charge is 0.136 e. The van der Waals surface area contributed by atoms with Gasteiger partial charge in [-0.05, 0) is 23.7 Å². The van der Waals surface area contributed by atoms with Crippen LogP contribution in [-0.2, 0) is 0 Å². The summed E-state index contributed by atoms with van der Waals surface area (Å²) in [6.07, 6.45) is 0. The largest absolute Gasteiger partial charge is 0.456 e. The Labute approximate surface area is 136 Å². The summed E-state index contributed by atoms with van der Waals surface area (Å²) in [6.45, 7) is 0. The van der Waals surface area contributed by atoms with E-state index in [2.05, 4.69) is 0 Å². The predicted molar refractivity (Wildman–Crippen MR) is 84.2 cm³/mol. The van der Waals surface area contributed by atoms with E-state index in [9.17, 15) is 0 Å². The molecule has 0 saturated heterocycles. The number of para-hydroxylation sites is 1. The lowest BCUT2D eigenvalue weighted by Gasteiger charge is -2.05. The number of hydrogen-bond acceptors (Lipinski definition) is 1. The van der Waals surface area contributed by atoms with Crippen LogP contribution in [0.3, 0.4) is 0 Å². The Morgan fingerprint density at radius 3 is 2.40 bits per heavy atom. The lowest BCUT2D eigenvalue weighted by Crippen LogP contribution is -1.80. The van der Waals surface area contributed by atoms with E-state index in [-0.39, 0.29) is 33.1 Å². The molecule has 0 saturated carbocycles. The molecule has 0 aliphatic carbocycles. The van der Waals surface area contributed by atoms with Crippen LogP contribution in [-0.4, -0.2) is 0 Å². The van der Waals surface area contributed by atoms with Gasteiger partial charge in [0.15, 0.2) is 0 Å². The molecule has 4 rings (SSSR count). The predicted octanol–water partition coefficient (Wildman–Crippen LogP) is 5.91. The monoisotopic (exact) mass is 289 g/mol. The fourth-order valence-electron chi connectivity index (χ4n) is 2.02. The highest BCUT2D eigenvalue weighted by Gasteiger charge is 2.13. The number of halogens is 1. The molecule has 1 nitrogen and oxygen atoms in total. The third kappa shape index (κ3) is 1.64. The van der Waals surface area contributed by atoms with Crippen molar-refractivity contribution >= 4 is 33.5 Å². The first-order valence-corrected chi connectivity index (χ1v) is 5.98. The summed E-state index contributed by atoms with van der Waals surface area (Å²) in [7, 11) is 0. The fourth-order valence-corrected chi connectivity index (χ4v) is 2.21. The second-order valence-corrected chi connectivity index (χ2v) is 4.33. The highest BCUT2D eigenvalue weighted by molar-refractivity contribution is 6.34. The van der Waals surface area contributed by atoms with E-state index in [1.165, 1.54) is 0 Å². The Hall–Kier alpha value is -2.25. The van der Waals surface area contributed by atoms with Gasteiger partial charge in [0.1, 0.15) is 11.2 Å². The lowest BCUT2D eigenvalue weighted by molar-refractivity contribution is 0.669. The van der Waals surface area contributed by atoms with E-state index in [0.717, 1.165) is 0 Å². The van der Waals surface area contributed by atoms with Gasteiger partial charge in [0, 0.05) is 21.4 Å². The lowest BCUT2D eigenvalue weighted by atomic mass is 9.99. The molecule has 0 aliphatic heterocycles. The topological polar surface area (TPSA) is 13.1 Å². The molecule has 0 spiro atoms. The van der Waals surface area contributed by atoms with Gasteiger partial charge in [-0.2, -0.15) is 0 Å². The van der Waals surface area contributed by atoms with Gasteiger partial charge in [0.05, 0.1) is 15.1 Å². The minimum atomic E-state index is -0.631. The van der Waals surface area contributed by atoms with Crippen molar-refractivity contribution in [3.8, 4) is 11.1 Å². The number of furan rings is 1. The quantitative estimate of drug-likeness (QED) is 0.425. The molecule has 2 heteroatoms. The molecule has 0 bridgehead atoms. The van der Waals surface area contributed by atoms with Crippen molar-refractivity contribution in [3.63, 3.8) is 0 Å². The standard InChI is InChI=1S/C18H11ClO/c19-15-9-3-1-6-12(15)13-8-5-11-17-18(13)14-7-2-4-10-16(14)20-17/h1-11H/i1D,2D,3D,4D,5D,6D,7D,8D,9D,10D,11D. The van der Waals surface area contributed by atoms with E-state index in [0.29, 0.717) is 0 Å². The van der Waals surface area contributed by atoms with Gasteiger partial charge in [-0.25, -0.2) is 0 Å². The summed E-state index contributed by atoms with van der Waals surface area (Å²) in [5, 5.41) is -0.727. The van der Waals surface area contributed by atoms with Crippen LogP contribution in [0, 0.1) is 0 Å².